The van der Waals surface area contributed by atoms with Crippen molar-refractivity contribution >= 4 is 12.0 Å². The number of aryl methyl sites for hydroxylation is 2. The van der Waals surface area contributed by atoms with Crippen LogP contribution in [-0.2, 0) is 4.79 Å². The summed E-state index contributed by atoms with van der Waals surface area (Å²) in [6.45, 7) is 3.99. The SMILES string of the molecule is Cc1ccc(/C=C/C(NN)=C(/N)C(=O)O)c(C)c1. The molecule has 0 bridgehead atoms. The van der Waals surface area contributed by atoms with Crippen LogP contribution in [0.5, 0.6) is 0 Å². The fraction of sp³-hybridized carbons (Fsp3) is 0.154. The summed E-state index contributed by atoms with van der Waals surface area (Å²) in [6.07, 6.45) is 3.31. The number of rotatable bonds is 4. The van der Waals surface area contributed by atoms with Crippen molar-refractivity contribution in [2.24, 2.45) is 11.6 Å². The number of carboxylic acids is 1. The summed E-state index contributed by atoms with van der Waals surface area (Å²) >= 11 is 0. The van der Waals surface area contributed by atoms with Gasteiger partial charge in [-0.25, -0.2) is 4.79 Å². The molecule has 1 aromatic rings. The van der Waals surface area contributed by atoms with Crippen LogP contribution >= 0.6 is 0 Å². The lowest BCUT2D eigenvalue weighted by Crippen LogP contribution is -2.26. The first-order valence-electron chi connectivity index (χ1n) is 5.40. The zero-order valence-corrected chi connectivity index (χ0v) is 10.4. The topological polar surface area (TPSA) is 101 Å². The Morgan fingerprint density at radius 1 is 1.39 bits per heavy atom. The molecule has 0 aromatic heterocycles. The molecule has 0 fully saturated rings. The predicted molar refractivity (Wildman–Crippen MR) is 71.1 cm³/mol. The van der Waals surface area contributed by atoms with Crippen LogP contribution in [0.1, 0.15) is 16.7 Å². The lowest BCUT2D eigenvalue weighted by molar-refractivity contribution is -0.132. The molecule has 0 aliphatic rings. The molecular weight excluding hydrogens is 230 g/mol. The number of benzene rings is 1. The number of nitrogens with one attached hydrogen (secondary N) is 1. The lowest BCUT2D eigenvalue weighted by Gasteiger charge is -2.05. The zero-order chi connectivity index (χ0) is 13.7. The fourth-order valence-electron chi connectivity index (χ4n) is 1.52. The number of carbonyl (C=O) groups is 1. The largest absolute Gasteiger partial charge is 0.477 e. The van der Waals surface area contributed by atoms with Crippen molar-refractivity contribution in [3.63, 3.8) is 0 Å². The molecule has 1 aromatic carbocycles. The Morgan fingerprint density at radius 3 is 2.56 bits per heavy atom. The number of hydrazine groups is 1. The number of hydrogen-bond acceptors (Lipinski definition) is 4. The molecule has 5 nitrogen and oxygen atoms in total. The maximum atomic E-state index is 10.7. The van der Waals surface area contributed by atoms with E-state index in [2.05, 4.69) is 5.43 Å². The van der Waals surface area contributed by atoms with Gasteiger partial charge in [-0.2, -0.15) is 0 Å². The monoisotopic (exact) mass is 247 g/mol. The van der Waals surface area contributed by atoms with Gasteiger partial charge in [0.05, 0.1) is 5.70 Å². The first kappa shape index (κ1) is 13.8. The van der Waals surface area contributed by atoms with Crippen molar-refractivity contribution in [1.29, 1.82) is 0 Å². The van der Waals surface area contributed by atoms with Crippen LogP contribution in [0.15, 0.2) is 35.7 Å². The van der Waals surface area contributed by atoms with Gasteiger partial charge >= 0.3 is 5.97 Å². The molecule has 0 heterocycles. The Morgan fingerprint density at radius 2 is 2.06 bits per heavy atom. The van der Waals surface area contributed by atoms with E-state index < -0.39 is 5.97 Å². The molecule has 0 saturated heterocycles. The Hall–Kier alpha value is -2.27. The predicted octanol–water partition coefficient (Wildman–Crippen LogP) is 1.03. The van der Waals surface area contributed by atoms with E-state index in [0.717, 1.165) is 11.1 Å². The van der Waals surface area contributed by atoms with Gasteiger partial charge in [0.15, 0.2) is 0 Å². The van der Waals surface area contributed by atoms with E-state index in [1.165, 1.54) is 5.56 Å². The van der Waals surface area contributed by atoms with Crippen LogP contribution in [0.3, 0.4) is 0 Å². The third kappa shape index (κ3) is 3.36. The number of nitrogens with two attached hydrogens (primary N) is 2. The van der Waals surface area contributed by atoms with E-state index in [1.54, 1.807) is 12.2 Å². The Kier molecular flexibility index (Phi) is 4.51. The Balaban J connectivity index is 3.05. The maximum Gasteiger partial charge on any atom is 0.353 e. The van der Waals surface area contributed by atoms with E-state index in [9.17, 15) is 4.79 Å². The highest BCUT2D eigenvalue weighted by molar-refractivity contribution is 5.87. The highest BCUT2D eigenvalue weighted by Gasteiger charge is 2.06. The molecule has 0 aliphatic heterocycles. The van der Waals surface area contributed by atoms with E-state index in [4.69, 9.17) is 16.7 Å². The standard InChI is InChI=1S/C13H17N3O2/c1-8-3-4-10(9(2)7-8)5-6-11(16-15)12(14)13(17)18/h3-7,16H,14-15H2,1-2H3,(H,17,18)/b6-5+,12-11-. The molecule has 0 spiro atoms. The Labute approximate surface area is 106 Å². The Bertz CT molecular complexity index is 519. The molecule has 96 valence electrons. The minimum Gasteiger partial charge on any atom is -0.477 e. The zero-order valence-electron chi connectivity index (χ0n) is 10.4. The summed E-state index contributed by atoms with van der Waals surface area (Å²) in [5.74, 6) is 4.02. The van der Waals surface area contributed by atoms with Gasteiger partial charge in [-0.1, -0.05) is 29.8 Å². The summed E-state index contributed by atoms with van der Waals surface area (Å²) in [6, 6.07) is 5.97. The average Bonchev–Trinajstić information content (AvgIpc) is 2.31. The van der Waals surface area contributed by atoms with Gasteiger partial charge in [0, 0.05) is 0 Å². The van der Waals surface area contributed by atoms with Gasteiger partial charge in [0.1, 0.15) is 5.70 Å². The summed E-state index contributed by atoms with van der Waals surface area (Å²) in [5.41, 5.74) is 10.7. The highest BCUT2D eigenvalue weighted by Crippen LogP contribution is 2.13. The first-order valence-corrected chi connectivity index (χ1v) is 5.40. The fourth-order valence-corrected chi connectivity index (χ4v) is 1.52. The van der Waals surface area contributed by atoms with Crippen LogP contribution in [0.25, 0.3) is 6.08 Å². The molecule has 0 amide bonds. The van der Waals surface area contributed by atoms with E-state index in [1.807, 2.05) is 32.0 Å². The van der Waals surface area contributed by atoms with Gasteiger partial charge in [0.2, 0.25) is 0 Å². The van der Waals surface area contributed by atoms with Crippen molar-refractivity contribution in [2.75, 3.05) is 0 Å². The molecule has 0 atom stereocenters. The summed E-state index contributed by atoms with van der Waals surface area (Å²) in [4.78, 5) is 10.7. The third-order valence-corrected chi connectivity index (χ3v) is 2.53. The van der Waals surface area contributed by atoms with Crippen LogP contribution in [-0.4, -0.2) is 11.1 Å². The molecule has 0 radical (unpaired) electrons. The minimum atomic E-state index is -1.21. The summed E-state index contributed by atoms with van der Waals surface area (Å²) < 4.78 is 0. The minimum absolute atomic E-state index is 0.169. The second-order valence-electron chi connectivity index (χ2n) is 3.97. The number of hydrogen-bond donors (Lipinski definition) is 4. The van der Waals surface area contributed by atoms with Crippen LogP contribution in [0.2, 0.25) is 0 Å². The van der Waals surface area contributed by atoms with E-state index in [-0.39, 0.29) is 11.4 Å². The average molecular weight is 247 g/mol. The molecule has 5 heteroatoms. The molecule has 0 saturated carbocycles. The van der Waals surface area contributed by atoms with E-state index >= 15 is 0 Å². The second kappa shape index (κ2) is 5.88. The normalized spacial score (nSPS) is 12.4. The van der Waals surface area contributed by atoms with Gasteiger partial charge in [-0.05, 0) is 31.1 Å². The van der Waals surface area contributed by atoms with Gasteiger partial charge in [0.25, 0.3) is 0 Å². The van der Waals surface area contributed by atoms with Crippen molar-refractivity contribution in [1.82, 2.24) is 5.43 Å². The smallest absolute Gasteiger partial charge is 0.353 e. The van der Waals surface area contributed by atoms with Crippen LogP contribution in [0, 0.1) is 13.8 Å². The van der Waals surface area contributed by atoms with Gasteiger partial charge in [-0.3, -0.25) is 5.84 Å². The molecule has 0 aliphatic carbocycles. The van der Waals surface area contributed by atoms with Crippen LogP contribution in [0.4, 0.5) is 0 Å². The molecular formula is C13H17N3O2. The lowest BCUT2D eigenvalue weighted by atomic mass is 10.1. The van der Waals surface area contributed by atoms with Gasteiger partial charge < -0.3 is 16.3 Å². The number of aliphatic carboxylic acids is 1. The van der Waals surface area contributed by atoms with Crippen molar-refractivity contribution < 1.29 is 9.90 Å². The molecule has 1 rings (SSSR count). The summed E-state index contributed by atoms with van der Waals surface area (Å²) in [7, 11) is 0. The van der Waals surface area contributed by atoms with Gasteiger partial charge in [-0.15, -0.1) is 0 Å². The number of carboxylic acid groups (broad SMARTS) is 1. The summed E-state index contributed by atoms with van der Waals surface area (Å²) in [5, 5.41) is 8.76. The quantitative estimate of drug-likeness (QED) is 0.275. The van der Waals surface area contributed by atoms with Crippen LogP contribution < -0.4 is 17.0 Å². The third-order valence-electron chi connectivity index (χ3n) is 2.53. The van der Waals surface area contributed by atoms with Crippen molar-refractivity contribution in [3.05, 3.63) is 52.4 Å². The van der Waals surface area contributed by atoms with Crippen molar-refractivity contribution in [3.8, 4) is 0 Å². The highest BCUT2D eigenvalue weighted by atomic mass is 16.4. The first-order chi connectivity index (χ1) is 8.45. The molecule has 0 unspecified atom stereocenters. The van der Waals surface area contributed by atoms with E-state index in [0.29, 0.717) is 0 Å². The number of allylic oxidation sites excluding steroid dienone is 1. The molecule has 18 heavy (non-hydrogen) atoms. The molecule has 6 N–H and O–H groups in total. The van der Waals surface area contributed by atoms with Crippen molar-refractivity contribution in [2.45, 2.75) is 13.8 Å². The maximum absolute atomic E-state index is 10.7. The second-order valence-corrected chi connectivity index (χ2v) is 3.97.